The number of aromatic nitrogens is 3. The van der Waals surface area contributed by atoms with E-state index >= 15 is 0 Å². The van der Waals surface area contributed by atoms with Gasteiger partial charge in [-0.2, -0.15) is 8.42 Å². The zero-order valence-corrected chi connectivity index (χ0v) is 25.0. The normalized spacial score (nSPS) is 21.6. The maximum absolute atomic E-state index is 13.0. The summed E-state index contributed by atoms with van der Waals surface area (Å²) in [6, 6.07) is 16.2. The number of nitrogens with zero attached hydrogens (tertiary/aromatic N) is 3. The number of rotatable bonds is 9. The lowest BCUT2D eigenvalue weighted by molar-refractivity contribution is -0.148. The van der Waals surface area contributed by atoms with Crippen LogP contribution in [0, 0.1) is 6.92 Å². The number of methoxy groups -OCH3 is 1. The fourth-order valence-electron chi connectivity index (χ4n) is 5.69. The number of aryl methyl sites for hydroxylation is 1. The smallest absolute Gasteiger partial charge is 0.297 e. The molecule has 0 spiro atoms. The Balaban J connectivity index is 1.29. The number of anilines is 1. The molecular weight excluding hydrogens is 556 g/mol. The number of benzene rings is 2. The van der Waals surface area contributed by atoms with Crippen molar-refractivity contribution in [2.45, 2.75) is 63.2 Å². The summed E-state index contributed by atoms with van der Waals surface area (Å²) in [5.74, 6) is 0.665. The van der Waals surface area contributed by atoms with Crippen LogP contribution in [0.2, 0.25) is 0 Å². The number of nitrogens with one attached hydrogen (secondary N) is 1. The second-order valence-electron chi connectivity index (χ2n) is 11.1. The Labute approximate surface area is 245 Å². The van der Waals surface area contributed by atoms with Gasteiger partial charge in [0, 0.05) is 12.7 Å². The number of fused-ring (bicyclic) bond motifs is 2. The summed E-state index contributed by atoms with van der Waals surface area (Å²) in [7, 11) is -2.32. The van der Waals surface area contributed by atoms with Gasteiger partial charge in [-0.05, 0) is 74.7 Å². The summed E-state index contributed by atoms with van der Waals surface area (Å²) in [4.78, 5) is 9.23. The van der Waals surface area contributed by atoms with E-state index in [-0.39, 0.29) is 23.6 Å². The van der Waals surface area contributed by atoms with E-state index in [1.165, 1.54) is 6.33 Å². The second-order valence-corrected chi connectivity index (χ2v) is 12.7. The third kappa shape index (κ3) is 5.29. The maximum Gasteiger partial charge on any atom is 0.297 e. The monoisotopic (exact) mass is 590 g/mol. The summed E-state index contributed by atoms with van der Waals surface area (Å²) >= 11 is 0. The first-order chi connectivity index (χ1) is 20.1. The Hall–Kier alpha value is -3.77. The fraction of sp³-hybridized carbons (Fsp3) is 0.355. The molecule has 3 atom stereocenters. The van der Waals surface area contributed by atoms with E-state index in [0.29, 0.717) is 12.4 Å². The molecule has 1 saturated heterocycles. The summed E-state index contributed by atoms with van der Waals surface area (Å²) in [6.45, 7) is 8.03. The molecule has 3 heterocycles. The molecule has 4 aromatic rings. The van der Waals surface area contributed by atoms with Gasteiger partial charge in [0.2, 0.25) is 0 Å². The minimum Gasteiger partial charge on any atom is -0.497 e. The molecule has 1 aliphatic carbocycles. The maximum atomic E-state index is 13.0. The Kier molecular flexibility index (Phi) is 7.30. The quantitative estimate of drug-likeness (QED) is 0.209. The molecule has 0 bridgehead atoms. The van der Waals surface area contributed by atoms with E-state index in [1.807, 2.05) is 64.2 Å². The predicted octanol–water partition coefficient (Wildman–Crippen LogP) is 5.16. The van der Waals surface area contributed by atoms with Crippen molar-refractivity contribution >= 4 is 27.0 Å². The van der Waals surface area contributed by atoms with Gasteiger partial charge in [-0.1, -0.05) is 29.8 Å². The van der Waals surface area contributed by atoms with Crippen molar-refractivity contribution in [2.24, 2.45) is 0 Å². The summed E-state index contributed by atoms with van der Waals surface area (Å²) in [5, 5.41) is 4.28. The molecule has 2 aromatic carbocycles. The average molecular weight is 591 g/mol. The first-order valence-electron chi connectivity index (χ1n) is 13.8. The molecule has 10 nitrogen and oxygen atoms in total. The highest BCUT2D eigenvalue weighted by atomic mass is 32.2. The standard InChI is InChI=1S/C31H34N4O6S/c1-19-6-12-23(13-7-19)42(36,37)39-17-25-20(2)26(28-27(25)40-31(3,4)41-28)35-15-14-24-29(33-18-34-30(24)35)32-16-21-8-10-22(38-5)11-9-21/h6-15,18,26-28H,16-17H2,1-5H3,(H,32,33,34)/t26-,27-,28+/m1/s1. The Bertz CT molecular complexity index is 1750. The van der Waals surface area contributed by atoms with E-state index < -0.39 is 22.0 Å². The van der Waals surface area contributed by atoms with Crippen LogP contribution in [0.3, 0.4) is 0 Å². The largest absolute Gasteiger partial charge is 0.497 e. The van der Waals surface area contributed by atoms with Crippen LogP contribution in [0.1, 0.15) is 37.9 Å². The molecule has 1 aliphatic heterocycles. The first-order valence-corrected chi connectivity index (χ1v) is 15.2. The van der Waals surface area contributed by atoms with Crippen molar-refractivity contribution in [3.8, 4) is 5.75 Å². The second kappa shape index (κ2) is 10.8. The van der Waals surface area contributed by atoms with E-state index in [9.17, 15) is 8.42 Å². The number of hydrogen-bond donors (Lipinski definition) is 1. The van der Waals surface area contributed by atoms with E-state index in [1.54, 1.807) is 31.4 Å². The predicted molar refractivity (Wildman–Crippen MR) is 158 cm³/mol. The Morgan fingerprint density at radius 1 is 1.00 bits per heavy atom. The van der Waals surface area contributed by atoms with Crippen molar-refractivity contribution < 1.29 is 26.8 Å². The molecule has 220 valence electrons. The fourth-order valence-corrected chi connectivity index (χ4v) is 6.58. The van der Waals surface area contributed by atoms with Crippen LogP contribution in [0.5, 0.6) is 5.75 Å². The molecule has 2 aliphatic rings. The molecule has 1 N–H and O–H groups in total. The van der Waals surface area contributed by atoms with Gasteiger partial charge in [0.15, 0.2) is 5.79 Å². The van der Waals surface area contributed by atoms with Crippen LogP contribution < -0.4 is 10.1 Å². The zero-order valence-electron chi connectivity index (χ0n) is 24.2. The van der Waals surface area contributed by atoms with Crippen molar-refractivity contribution in [1.82, 2.24) is 14.5 Å². The van der Waals surface area contributed by atoms with Gasteiger partial charge >= 0.3 is 0 Å². The molecule has 0 unspecified atom stereocenters. The molecular formula is C31H34N4O6S. The summed E-state index contributed by atoms with van der Waals surface area (Å²) < 4.78 is 51.5. The zero-order chi connectivity index (χ0) is 29.6. The van der Waals surface area contributed by atoms with Crippen molar-refractivity contribution in [1.29, 1.82) is 0 Å². The van der Waals surface area contributed by atoms with E-state index in [4.69, 9.17) is 18.4 Å². The lowest BCUT2D eigenvalue weighted by Crippen LogP contribution is -2.29. The molecule has 42 heavy (non-hydrogen) atoms. The lowest BCUT2D eigenvalue weighted by atomic mass is 10.1. The Morgan fingerprint density at radius 3 is 2.45 bits per heavy atom. The van der Waals surface area contributed by atoms with Crippen LogP contribution in [0.25, 0.3) is 11.0 Å². The first kappa shape index (κ1) is 28.4. The highest BCUT2D eigenvalue weighted by molar-refractivity contribution is 7.86. The van der Waals surface area contributed by atoms with Crippen LogP contribution in [0.4, 0.5) is 5.82 Å². The molecule has 11 heteroatoms. The van der Waals surface area contributed by atoms with Gasteiger partial charge in [0.25, 0.3) is 10.1 Å². The lowest BCUT2D eigenvalue weighted by Gasteiger charge is -2.25. The number of ether oxygens (including phenoxy) is 3. The van der Waals surface area contributed by atoms with Crippen LogP contribution in [-0.2, 0) is 30.3 Å². The molecule has 0 saturated carbocycles. The third-order valence-electron chi connectivity index (χ3n) is 7.84. The van der Waals surface area contributed by atoms with E-state index in [0.717, 1.165) is 39.1 Å². The summed E-state index contributed by atoms with van der Waals surface area (Å²) in [5.41, 5.74) is 4.45. The van der Waals surface area contributed by atoms with Gasteiger partial charge in [0.05, 0.1) is 30.0 Å². The number of hydrogen-bond acceptors (Lipinski definition) is 9. The van der Waals surface area contributed by atoms with Gasteiger partial charge in [-0.25, -0.2) is 9.97 Å². The highest BCUT2D eigenvalue weighted by Gasteiger charge is 2.53. The molecule has 0 amide bonds. The van der Waals surface area contributed by atoms with Crippen LogP contribution in [0.15, 0.2) is 83.2 Å². The van der Waals surface area contributed by atoms with Gasteiger partial charge in [-0.15, -0.1) is 0 Å². The van der Waals surface area contributed by atoms with Crippen LogP contribution >= 0.6 is 0 Å². The molecule has 2 aromatic heterocycles. The molecule has 6 rings (SSSR count). The molecule has 0 radical (unpaired) electrons. The highest BCUT2D eigenvalue weighted by Crippen LogP contribution is 2.48. The SMILES string of the molecule is COc1ccc(CNc2ncnc3c2ccn3[C@@H]2C(C)=C(COS(=O)(=O)c3ccc(C)cc3)[C@H]3OC(C)(C)O[C@H]32)cc1. The molecule has 1 fully saturated rings. The van der Waals surface area contributed by atoms with E-state index in [2.05, 4.69) is 19.9 Å². The third-order valence-corrected chi connectivity index (χ3v) is 9.12. The van der Waals surface area contributed by atoms with Crippen LogP contribution in [-0.4, -0.2) is 54.7 Å². The van der Waals surface area contributed by atoms with Crippen molar-refractivity contribution in [2.75, 3.05) is 19.0 Å². The summed E-state index contributed by atoms with van der Waals surface area (Å²) in [6.07, 6.45) is 2.64. The topological polar surface area (TPSA) is 114 Å². The van der Waals surface area contributed by atoms with Gasteiger partial charge in [0.1, 0.15) is 35.7 Å². The van der Waals surface area contributed by atoms with Gasteiger partial charge in [-0.3, -0.25) is 4.18 Å². The van der Waals surface area contributed by atoms with Crippen molar-refractivity contribution in [3.63, 3.8) is 0 Å². The average Bonchev–Trinajstić information content (AvgIpc) is 3.60. The minimum atomic E-state index is -3.96. The minimum absolute atomic E-state index is 0.115. The van der Waals surface area contributed by atoms with Gasteiger partial charge < -0.3 is 24.1 Å². The Morgan fingerprint density at radius 2 is 1.74 bits per heavy atom. The van der Waals surface area contributed by atoms with Crippen molar-refractivity contribution in [3.05, 3.63) is 89.4 Å².